The van der Waals surface area contributed by atoms with E-state index in [0.717, 1.165) is 27.3 Å². The zero-order valence-corrected chi connectivity index (χ0v) is 13.2. The summed E-state index contributed by atoms with van der Waals surface area (Å²) in [6.07, 6.45) is 0. The predicted octanol–water partition coefficient (Wildman–Crippen LogP) is 5.13. The smallest absolute Gasteiger partial charge is 0.348 e. The van der Waals surface area contributed by atoms with E-state index in [9.17, 15) is 9.90 Å². The van der Waals surface area contributed by atoms with E-state index in [0.29, 0.717) is 15.7 Å². The number of aromatic carboxylic acids is 1. The van der Waals surface area contributed by atoms with Crippen molar-refractivity contribution in [1.82, 2.24) is 0 Å². The molecule has 1 heterocycles. The third-order valence-electron chi connectivity index (χ3n) is 2.88. The summed E-state index contributed by atoms with van der Waals surface area (Å²) in [7, 11) is 0. The van der Waals surface area contributed by atoms with Crippen molar-refractivity contribution < 1.29 is 9.90 Å². The number of carboxylic acid groups (broad SMARTS) is 1. The number of nitrogen functional groups attached to an aromatic ring is 1. The second kappa shape index (κ2) is 5.64. The van der Waals surface area contributed by atoms with Crippen molar-refractivity contribution >= 4 is 46.2 Å². The number of halogens is 2. The lowest BCUT2D eigenvalue weighted by Gasteiger charge is -2.09. The third kappa shape index (κ3) is 2.77. The van der Waals surface area contributed by atoms with E-state index < -0.39 is 5.97 Å². The summed E-state index contributed by atoms with van der Waals surface area (Å²) in [5.74, 6) is -0.916. The van der Waals surface area contributed by atoms with Gasteiger partial charge in [-0.05, 0) is 35.2 Å². The molecule has 0 amide bonds. The summed E-state index contributed by atoms with van der Waals surface area (Å²) < 4.78 is 0. The molecular weight excluding hydrogens is 317 g/mol. The molecule has 106 valence electrons. The summed E-state index contributed by atoms with van der Waals surface area (Å²) in [6, 6.07) is 5.16. The molecule has 1 aromatic heterocycles. The Hall–Kier alpha value is -1.23. The minimum absolute atomic E-state index is 0.104. The summed E-state index contributed by atoms with van der Waals surface area (Å²) in [6.45, 7) is 3.94. The number of nitrogens with two attached hydrogens (primary N) is 1. The molecule has 3 nitrogen and oxygen atoms in total. The van der Waals surface area contributed by atoms with Gasteiger partial charge in [0, 0.05) is 14.9 Å². The van der Waals surface area contributed by atoms with Gasteiger partial charge in [-0.25, -0.2) is 4.79 Å². The first-order valence-corrected chi connectivity index (χ1v) is 7.50. The topological polar surface area (TPSA) is 63.3 Å². The van der Waals surface area contributed by atoms with E-state index in [4.69, 9.17) is 28.9 Å². The van der Waals surface area contributed by atoms with Crippen LogP contribution in [0.3, 0.4) is 0 Å². The molecule has 0 aliphatic heterocycles. The Morgan fingerprint density at radius 2 is 1.80 bits per heavy atom. The summed E-state index contributed by atoms with van der Waals surface area (Å²) in [4.78, 5) is 12.2. The van der Waals surface area contributed by atoms with Crippen LogP contribution in [-0.4, -0.2) is 11.1 Å². The molecule has 0 saturated heterocycles. The first-order valence-electron chi connectivity index (χ1n) is 5.93. The number of hydrogen-bond acceptors (Lipinski definition) is 3. The van der Waals surface area contributed by atoms with Crippen molar-refractivity contribution in [1.29, 1.82) is 0 Å². The Morgan fingerprint density at radius 1 is 1.25 bits per heavy atom. The molecule has 0 atom stereocenters. The highest BCUT2D eigenvalue weighted by Crippen LogP contribution is 2.43. The number of rotatable bonds is 3. The van der Waals surface area contributed by atoms with Crippen LogP contribution in [-0.2, 0) is 0 Å². The van der Waals surface area contributed by atoms with Crippen LogP contribution in [0.25, 0.3) is 10.4 Å². The largest absolute Gasteiger partial charge is 0.477 e. The fourth-order valence-electron chi connectivity index (χ4n) is 2.09. The van der Waals surface area contributed by atoms with Crippen LogP contribution in [0.2, 0.25) is 10.0 Å². The van der Waals surface area contributed by atoms with Crippen molar-refractivity contribution in [2.24, 2.45) is 0 Å². The minimum Gasteiger partial charge on any atom is -0.477 e. The lowest BCUT2D eigenvalue weighted by Crippen LogP contribution is -2.00. The molecule has 0 aliphatic rings. The molecule has 0 unspecified atom stereocenters. The molecule has 6 heteroatoms. The van der Waals surface area contributed by atoms with Crippen LogP contribution in [0.4, 0.5) is 5.69 Å². The van der Waals surface area contributed by atoms with Gasteiger partial charge >= 0.3 is 5.97 Å². The molecule has 0 saturated carbocycles. The number of thiophene rings is 1. The molecule has 2 aromatic rings. The molecule has 20 heavy (non-hydrogen) atoms. The summed E-state index contributed by atoms with van der Waals surface area (Å²) >= 11 is 13.2. The van der Waals surface area contributed by atoms with Crippen molar-refractivity contribution in [3.05, 3.63) is 38.7 Å². The maximum atomic E-state index is 11.3. The van der Waals surface area contributed by atoms with E-state index in [1.54, 1.807) is 18.2 Å². The highest BCUT2D eigenvalue weighted by molar-refractivity contribution is 7.18. The van der Waals surface area contributed by atoms with Gasteiger partial charge in [0.05, 0.1) is 5.69 Å². The molecular formula is C14H13Cl2NO2S. The van der Waals surface area contributed by atoms with Gasteiger partial charge < -0.3 is 10.8 Å². The number of hydrogen-bond donors (Lipinski definition) is 2. The van der Waals surface area contributed by atoms with Crippen LogP contribution in [0.15, 0.2) is 18.2 Å². The average Bonchev–Trinajstić information content (AvgIpc) is 2.65. The van der Waals surface area contributed by atoms with Gasteiger partial charge in [-0.2, -0.15) is 0 Å². The zero-order valence-electron chi connectivity index (χ0n) is 10.9. The maximum absolute atomic E-state index is 11.3. The van der Waals surface area contributed by atoms with Crippen molar-refractivity contribution in [2.75, 3.05) is 5.73 Å². The van der Waals surface area contributed by atoms with E-state index in [1.807, 2.05) is 13.8 Å². The maximum Gasteiger partial charge on any atom is 0.348 e. The Morgan fingerprint density at radius 3 is 2.25 bits per heavy atom. The van der Waals surface area contributed by atoms with E-state index in [2.05, 4.69) is 0 Å². The Balaban J connectivity index is 2.72. The molecule has 1 aromatic carbocycles. The molecule has 0 bridgehead atoms. The normalized spacial score (nSPS) is 11.1. The number of benzene rings is 1. The Kier molecular flexibility index (Phi) is 4.28. The lowest BCUT2D eigenvalue weighted by atomic mass is 9.98. The third-order valence-corrected chi connectivity index (χ3v) is 4.57. The predicted molar refractivity (Wildman–Crippen MR) is 85.2 cm³/mol. The van der Waals surface area contributed by atoms with Crippen LogP contribution in [0, 0.1) is 0 Å². The first-order chi connectivity index (χ1) is 9.31. The first kappa shape index (κ1) is 15.2. The molecule has 0 fully saturated rings. The fraction of sp³-hybridized carbons (Fsp3) is 0.214. The lowest BCUT2D eigenvalue weighted by molar-refractivity contribution is 0.0703. The average molecular weight is 330 g/mol. The Bertz CT molecular complexity index is 660. The monoisotopic (exact) mass is 329 g/mol. The SMILES string of the molecule is CC(C)c1c(-c2cc(Cl)cc(Cl)c2)sc(C(=O)O)c1N. The van der Waals surface area contributed by atoms with Crippen LogP contribution < -0.4 is 5.73 Å². The van der Waals surface area contributed by atoms with Gasteiger partial charge in [-0.1, -0.05) is 37.0 Å². The van der Waals surface area contributed by atoms with Crippen LogP contribution in [0.5, 0.6) is 0 Å². The fourth-order valence-corrected chi connectivity index (χ4v) is 3.82. The summed E-state index contributed by atoms with van der Waals surface area (Å²) in [5.41, 5.74) is 7.92. The molecule has 0 aliphatic carbocycles. The van der Waals surface area contributed by atoms with Gasteiger partial charge in [-0.15, -0.1) is 11.3 Å². The second-order valence-corrected chi connectivity index (χ2v) is 6.60. The minimum atomic E-state index is -1.02. The quantitative estimate of drug-likeness (QED) is 0.820. The van der Waals surface area contributed by atoms with Gasteiger partial charge in [0.15, 0.2) is 0 Å². The second-order valence-electron chi connectivity index (χ2n) is 4.71. The highest BCUT2D eigenvalue weighted by atomic mass is 35.5. The molecule has 2 rings (SSSR count). The van der Waals surface area contributed by atoms with Crippen LogP contribution in [0.1, 0.15) is 35.0 Å². The van der Waals surface area contributed by atoms with E-state index in [1.165, 1.54) is 0 Å². The van der Waals surface area contributed by atoms with E-state index in [-0.39, 0.29) is 10.8 Å². The standard InChI is InChI=1S/C14H13Cl2NO2S/c1-6(2)10-11(17)13(14(18)19)20-12(10)7-3-8(15)5-9(16)4-7/h3-6H,17H2,1-2H3,(H,18,19). The van der Waals surface area contributed by atoms with Crippen molar-refractivity contribution in [2.45, 2.75) is 19.8 Å². The Labute approximate surface area is 130 Å². The van der Waals surface area contributed by atoms with Crippen LogP contribution >= 0.6 is 34.5 Å². The van der Waals surface area contributed by atoms with Crippen molar-refractivity contribution in [3.8, 4) is 10.4 Å². The molecule has 0 spiro atoms. The molecule has 0 radical (unpaired) electrons. The van der Waals surface area contributed by atoms with Gasteiger partial charge in [0.25, 0.3) is 0 Å². The molecule has 3 N–H and O–H groups in total. The summed E-state index contributed by atoms with van der Waals surface area (Å²) in [5, 5.41) is 10.2. The van der Waals surface area contributed by atoms with E-state index >= 15 is 0 Å². The number of anilines is 1. The number of carbonyl (C=O) groups is 1. The van der Waals surface area contributed by atoms with Gasteiger partial charge in [0.2, 0.25) is 0 Å². The van der Waals surface area contributed by atoms with Gasteiger partial charge in [0.1, 0.15) is 4.88 Å². The highest BCUT2D eigenvalue weighted by Gasteiger charge is 2.23. The number of carboxylic acids is 1. The van der Waals surface area contributed by atoms with Gasteiger partial charge in [-0.3, -0.25) is 0 Å². The zero-order chi connectivity index (χ0) is 15.0. The van der Waals surface area contributed by atoms with Crippen molar-refractivity contribution in [3.63, 3.8) is 0 Å².